The van der Waals surface area contributed by atoms with Crippen molar-refractivity contribution < 1.29 is 9.59 Å². The molecule has 0 saturated carbocycles. The van der Waals surface area contributed by atoms with Gasteiger partial charge in [-0.1, -0.05) is 48.5 Å². The first kappa shape index (κ1) is 19.5. The highest BCUT2D eigenvalue weighted by Crippen LogP contribution is 2.14. The van der Waals surface area contributed by atoms with Gasteiger partial charge in [-0.2, -0.15) is 17.0 Å². The van der Waals surface area contributed by atoms with Crippen LogP contribution in [0.4, 0.5) is 0 Å². The lowest BCUT2D eigenvalue weighted by Crippen LogP contribution is -2.47. The minimum Gasteiger partial charge on any atom is -0.341 e. The number of nitriles is 1. The number of hydrogen-bond acceptors (Lipinski definition) is 4. The van der Waals surface area contributed by atoms with Gasteiger partial charge in [-0.3, -0.25) is 9.59 Å². The fourth-order valence-electron chi connectivity index (χ4n) is 2.32. The molecule has 2 N–H and O–H groups in total. The van der Waals surface area contributed by atoms with Gasteiger partial charge in [0.05, 0.1) is 6.07 Å². The highest BCUT2D eigenvalue weighted by molar-refractivity contribution is 7.98. The van der Waals surface area contributed by atoms with Crippen LogP contribution in [0.1, 0.15) is 22.3 Å². The van der Waals surface area contributed by atoms with E-state index in [4.69, 9.17) is 5.26 Å². The summed E-state index contributed by atoms with van der Waals surface area (Å²) in [5.74, 6) is 0.932. The fraction of sp³-hybridized carbons (Fsp3) is 0.250. The molecule has 0 bridgehead atoms. The quantitative estimate of drug-likeness (QED) is 0.527. The predicted molar refractivity (Wildman–Crippen MR) is 104 cm³/mol. The lowest BCUT2D eigenvalue weighted by Gasteiger charge is -2.17. The Kier molecular flexibility index (Phi) is 8.24. The van der Waals surface area contributed by atoms with Gasteiger partial charge in [0.25, 0.3) is 5.91 Å². The molecule has 2 aromatic rings. The van der Waals surface area contributed by atoms with Crippen LogP contribution in [0.15, 0.2) is 60.7 Å². The van der Waals surface area contributed by atoms with Crippen molar-refractivity contribution in [3.8, 4) is 6.07 Å². The van der Waals surface area contributed by atoms with Gasteiger partial charge in [0, 0.05) is 11.3 Å². The fourth-order valence-corrected chi connectivity index (χ4v) is 3.29. The standard InChI is InChI=1S/C20H21N3O2S/c21-12-13-22-20(25)18(23-19(24)17-9-5-2-6-10-17)11-14-26-15-16-7-3-1-4-8-16/h1-10,18H,11,13-15H2,(H,22,25)(H,23,24)/t18-/m1/s1. The number of thioether (sulfide) groups is 1. The number of amides is 2. The molecule has 0 fully saturated rings. The number of benzene rings is 2. The van der Waals surface area contributed by atoms with Crippen LogP contribution in [0.5, 0.6) is 0 Å². The van der Waals surface area contributed by atoms with E-state index in [2.05, 4.69) is 22.8 Å². The highest BCUT2D eigenvalue weighted by atomic mass is 32.2. The lowest BCUT2D eigenvalue weighted by atomic mass is 10.1. The first-order chi connectivity index (χ1) is 12.7. The second kappa shape index (κ2) is 11.0. The number of carbonyl (C=O) groups excluding carboxylic acids is 2. The van der Waals surface area contributed by atoms with Crippen LogP contribution < -0.4 is 10.6 Å². The van der Waals surface area contributed by atoms with Gasteiger partial charge in [0.15, 0.2) is 0 Å². The maximum atomic E-state index is 12.3. The van der Waals surface area contributed by atoms with Gasteiger partial charge >= 0.3 is 0 Å². The molecular formula is C20H21N3O2S. The van der Waals surface area contributed by atoms with Crippen molar-refractivity contribution in [3.05, 3.63) is 71.8 Å². The number of nitrogens with one attached hydrogen (secondary N) is 2. The van der Waals surface area contributed by atoms with Crippen molar-refractivity contribution in [1.29, 1.82) is 5.26 Å². The monoisotopic (exact) mass is 367 g/mol. The molecule has 0 spiro atoms. The molecule has 0 unspecified atom stereocenters. The third-order valence-electron chi connectivity index (χ3n) is 3.66. The second-order valence-corrected chi connectivity index (χ2v) is 6.70. The first-order valence-corrected chi connectivity index (χ1v) is 9.48. The molecule has 134 valence electrons. The average Bonchev–Trinajstić information content (AvgIpc) is 2.69. The van der Waals surface area contributed by atoms with Crippen LogP contribution in [-0.4, -0.2) is 30.2 Å². The van der Waals surface area contributed by atoms with E-state index in [1.807, 2.05) is 30.3 Å². The zero-order valence-corrected chi connectivity index (χ0v) is 15.2. The van der Waals surface area contributed by atoms with E-state index in [0.717, 1.165) is 5.75 Å². The van der Waals surface area contributed by atoms with E-state index in [0.29, 0.717) is 17.7 Å². The molecule has 0 aromatic heterocycles. The normalized spacial score (nSPS) is 11.2. The molecular weight excluding hydrogens is 346 g/mol. The summed E-state index contributed by atoms with van der Waals surface area (Å²) < 4.78 is 0. The summed E-state index contributed by atoms with van der Waals surface area (Å²) in [5.41, 5.74) is 1.72. The van der Waals surface area contributed by atoms with E-state index in [-0.39, 0.29) is 18.4 Å². The third kappa shape index (κ3) is 6.61. The van der Waals surface area contributed by atoms with Crippen LogP contribution in [-0.2, 0) is 10.5 Å². The molecule has 26 heavy (non-hydrogen) atoms. The van der Waals surface area contributed by atoms with E-state index >= 15 is 0 Å². The topological polar surface area (TPSA) is 82.0 Å². The van der Waals surface area contributed by atoms with Crippen LogP contribution in [0, 0.1) is 11.3 Å². The van der Waals surface area contributed by atoms with E-state index in [1.54, 1.807) is 36.0 Å². The Morgan fingerprint density at radius 1 is 1.04 bits per heavy atom. The number of nitrogens with zero attached hydrogens (tertiary/aromatic N) is 1. The first-order valence-electron chi connectivity index (χ1n) is 8.33. The molecule has 0 aliphatic heterocycles. The summed E-state index contributed by atoms with van der Waals surface area (Å²) in [5, 5.41) is 13.9. The molecule has 0 radical (unpaired) electrons. The SMILES string of the molecule is N#CCNC(=O)[C@@H](CCSCc1ccccc1)NC(=O)c1ccccc1. The smallest absolute Gasteiger partial charge is 0.251 e. The van der Waals surface area contributed by atoms with Gasteiger partial charge in [-0.15, -0.1) is 0 Å². The van der Waals surface area contributed by atoms with E-state index in [1.165, 1.54) is 5.56 Å². The maximum Gasteiger partial charge on any atom is 0.251 e. The zero-order valence-electron chi connectivity index (χ0n) is 14.4. The van der Waals surface area contributed by atoms with Crippen molar-refractivity contribution in [2.24, 2.45) is 0 Å². The Morgan fingerprint density at radius 2 is 1.69 bits per heavy atom. The number of rotatable bonds is 9. The van der Waals surface area contributed by atoms with Crippen molar-refractivity contribution in [3.63, 3.8) is 0 Å². The summed E-state index contributed by atoms with van der Waals surface area (Å²) in [6.07, 6.45) is 0.493. The van der Waals surface area contributed by atoms with E-state index in [9.17, 15) is 9.59 Å². The van der Waals surface area contributed by atoms with Crippen molar-refractivity contribution in [2.45, 2.75) is 18.2 Å². The molecule has 6 heteroatoms. The lowest BCUT2D eigenvalue weighted by molar-refractivity contribution is -0.122. The van der Waals surface area contributed by atoms with Crippen molar-refractivity contribution >= 4 is 23.6 Å². The summed E-state index contributed by atoms with van der Waals surface area (Å²) >= 11 is 1.70. The van der Waals surface area contributed by atoms with Gasteiger partial charge in [-0.05, 0) is 29.9 Å². The Morgan fingerprint density at radius 3 is 2.35 bits per heavy atom. The Labute approximate surface area is 157 Å². The Bertz CT molecular complexity index is 745. The molecule has 0 saturated heterocycles. The molecule has 0 aliphatic carbocycles. The summed E-state index contributed by atoms with van der Waals surface area (Å²) in [6.45, 7) is -0.0757. The largest absolute Gasteiger partial charge is 0.341 e. The molecule has 2 rings (SSSR count). The molecule has 2 aromatic carbocycles. The molecule has 1 atom stereocenters. The average molecular weight is 367 g/mol. The van der Waals surface area contributed by atoms with Gasteiger partial charge in [0.1, 0.15) is 12.6 Å². The van der Waals surface area contributed by atoms with Crippen molar-refractivity contribution in [1.82, 2.24) is 10.6 Å². The van der Waals surface area contributed by atoms with E-state index < -0.39 is 6.04 Å². The molecule has 0 aliphatic rings. The minimum absolute atomic E-state index is 0.0757. The minimum atomic E-state index is -0.667. The van der Waals surface area contributed by atoms with Gasteiger partial charge in [0.2, 0.25) is 5.91 Å². The Balaban J connectivity index is 1.89. The van der Waals surface area contributed by atoms with Crippen LogP contribution >= 0.6 is 11.8 Å². The summed E-state index contributed by atoms with van der Waals surface area (Å²) in [7, 11) is 0. The van der Waals surface area contributed by atoms with Gasteiger partial charge < -0.3 is 10.6 Å². The van der Waals surface area contributed by atoms with Crippen LogP contribution in [0.3, 0.4) is 0 Å². The highest BCUT2D eigenvalue weighted by Gasteiger charge is 2.20. The molecule has 0 heterocycles. The third-order valence-corrected chi connectivity index (χ3v) is 4.72. The van der Waals surface area contributed by atoms with Crippen molar-refractivity contribution in [2.75, 3.05) is 12.3 Å². The van der Waals surface area contributed by atoms with Crippen LogP contribution in [0.25, 0.3) is 0 Å². The Hall–Kier alpha value is -2.78. The predicted octanol–water partition coefficient (Wildman–Crippen LogP) is 2.75. The second-order valence-electron chi connectivity index (χ2n) is 5.59. The summed E-state index contributed by atoms with van der Waals surface area (Å²) in [6, 6.07) is 20.1. The number of hydrogen-bond donors (Lipinski definition) is 2. The molecule has 5 nitrogen and oxygen atoms in total. The zero-order chi connectivity index (χ0) is 18.6. The van der Waals surface area contributed by atoms with Crippen LogP contribution in [0.2, 0.25) is 0 Å². The number of carbonyl (C=O) groups is 2. The maximum absolute atomic E-state index is 12.3. The molecule has 2 amide bonds. The van der Waals surface area contributed by atoms with Gasteiger partial charge in [-0.25, -0.2) is 0 Å². The summed E-state index contributed by atoms with van der Waals surface area (Å²) in [4.78, 5) is 24.6.